The van der Waals surface area contributed by atoms with E-state index in [-0.39, 0.29) is 62.1 Å². The Morgan fingerprint density at radius 1 is 0.595 bits per heavy atom. The fourth-order valence-electron chi connectivity index (χ4n) is 6.35. The summed E-state index contributed by atoms with van der Waals surface area (Å²) >= 11 is 8.31. The quantitative estimate of drug-likeness (QED) is 0.202. The molecule has 3 aliphatic carbocycles. The Labute approximate surface area is 254 Å². The van der Waals surface area contributed by atoms with Gasteiger partial charge in [-0.15, -0.1) is 0 Å². The molecule has 0 saturated carbocycles. The predicted octanol–water partition coefficient (Wildman–Crippen LogP) is -0.268. The van der Waals surface area contributed by atoms with Crippen molar-refractivity contribution in [2.45, 2.75) is 5.54 Å². The van der Waals surface area contributed by atoms with Crippen molar-refractivity contribution in [3.05, 3.63) is 149 Å². The van der Waals surface area contributed by atoms with Crippen LogP contribution in [0.15, 0.2) is 127 Å². The van der Waals surface area contributed by atoms with Gasteiger partial charge < -0.3 is 24.8 Å². The molecule has 0 bridgehead atoms. The summed E-state index contributed by atoms with van der Waals surface area (Å²) < 4.78 is 0. The number of allylic oxidation sites excluding steroid dienone is 4. The molecule has 0 radical (unpaired) electrons. The van der Waals surface area contributed by atoms with Gasteiger partial charge in [0.25, 0.3) is 0 Å². The minimum absolute atomic E-state index is 0. The summed E-state index contributed by atoms with van der Waals surface area (Å²) in [7, 11) is -2.84. The largest absolute Gasteiger partial charge is 2.00 e. The monoisotopic (exact) mass is 720 g/mol. The van der Waals surface area contributed by atoms with Crippen LogP contribution in [0, 0.1) is 5.92 Å². The zero-order chi connectivity index (χ0) is 22.7. The Morgan fingerprint density at radius 2 is 1.14 bits per heavy atom. The maximum atomic E-state index is 8.31. The zero-order valence-electron chi connectivity index (χ0n) is 19.9. The molecule has 4 aromatic rings. The van der Waals surface area contributed by atoms with Crippen LogP contribution in [0.3, 0.4) is 0 Å². The van der Waals surface area contributed by atoms with Crippen LogP contribution in [0.1, 0.15) is 16.7 Å². The third-order valence-corrected chi connectivity index (χ3v) is 13.6. The summed E-state index contributed by atoms with van der Waals surface area (Å²) in [4.78, 5) is 0. The Morgan fingerprint density at radius 3 is 1.78 bits per heavy atom. The standard InChI is InChI=1S/C32H23ClSi.2ClH.Hf/c33-34(22-12-2-1-3-13-22,31-27-18-8-4-14-23(27)24-15-5-9-19-28(24)31)32-29-20-10-6-16-25(29)26-17-7-11-21-30(26)32;;;/h1-21,27,32H;2*1H;/q;;;+2/p-2. The van der Waals surface area contributed by atoms with Gasteiger partial charge in [0.1, 0.15) is 0 Å². The van der Waals surface area contributed by atoms with Crippen molar-refractivity contribution in [1.82, 2.24) is 0 Å². The molecule has 0 spiro atoms. The predicted molar refractivity (Wildman–Crippen MR) is 146 cm³/mol. The van der Waals surface area contributed by atoms with Gasteiger partial charge in [-0.2, -0.15) is 11.1 Å². The molecule has 0 fully saturated rings. The molecule has 4 aromatic carbocycles. The smallest absolute Gasteiger partial charge is 1.00 e. The van der Waals surface area contributed by atoms with Crippen LogP contribution < -0.4 is 40.4 Å². The van der Waals surface area contributed by atoms with E-state index in [2.05, 4.69) is 127 Å². The molecular weight excluding hydrogens is 697 g/mol. The third kappa shape index (κ3) is 4.13. The molecule has 0 heterocycles. The van der Waals surface area contributed by atoms with Gasteiger partial charge in [0.2, 0.25) is 7.38 Å². The van der Waals surface area contributed by atoms with E-state index in [1.165, 1.54) is 48.6 Å². The van der Waals surface area contributed by atoms with Gasteiger partial charge in [-0.3, -0.25) is 0 Å². The van der Waals surface area contributed by atoms with Crippen molar-refractivity contribution in [2.24, 2.45) is 5.92 Å². The van der Waals surface area contributed by atoms with E-state index in [0.29, 0.717) is 0 Å². The van der Waals surface area contributed by atoms with Gasteiger partial charge in [0, 0.05) is 11.5 Å². The number of fused-ring (bicyclic) bond motifs is 5. The molecule has 37 heavy (non-hydrogen) atoms. The van der Waals surface area contributed by atoms with Crippen LogP contribution >= 0.6 is 11.1 Å². The van der Waals surface area contributed by atoms with Crippen molar-refractivity contribution in [1.29, 1.82) is 0 Å². The summed E-state index contributed by atoms with van der Waals surface area (Å²) in [5.41, 5.74) is 6.90. The molecule has 7 rings (SSSR count). The normalized spacial score (nSPS) is 17.8. The Kier molecular flexibility index (Phi) is 8.38. The molecule has 180 valence electrons. The molecule has 0 amide bonds. The van der Waals surface area contributed by atoms with Gasteiger partial charge in [-0.25, -0.2) is 0 Å². The van der Waals surface area contributed by atoms with Gasteiger partial charge in [-0.05, 0) is 48.6 Å². The fraction of sp³-hybridized carbons (Fsp3) is 0.0625. The first-order valence-electron chi connectivity index (χ1n) is 11.9. The second kappa shape index (κ2) is 11.0. The number of halogens is 3. The van der Waals surface area contributed by atoms with Crippen LogP contribution in [0.5, 0.6) is 0 Å². The van der Waals surface area contributed by atoms with Gasteiger partial charge in [-0.1, -0.05) is 127 Å². The summed E-state index contributed by atoms with van der Waals surface area (Å²) in [5.74, 6) is 0.215. The number of benzene rings is 4. The van der Waals surface area contributed by atoms with Gasteiger partial charge in [0.15, 0.2) is 0 Å². The second-order valence-electron chi connectivity index (χ2n) is 9.32. The average Bonchev–Trinajstić information content (AvgIpc) is 3.43. The van der Waals surface area contributed by atoms with Gasteiger partial charge >= 0.3 is 25.8 Å². The topological polar surface area (TPSA) is 0 Å². The number of hydrogen-bond acceptors (Lipinski definition) is 0. The second-order valence-corrected chi connectivity index (χ2v) is 14.2. The van der Waals surface area contributed by atoms with Crippen molar-refractivity contribution >= 4 is 34.4 Å². The van der Waals surface area contributed by atoms with E-state index in [0.717, 1.165) is 0 Å². The van der Waals surface area contributed by atoms with Crippen molar-refractivity contribution in [3.63, 3.8) is 0 Å². The van der Waals surface area contributed by atoms with Crippen molar-refractivity contribution in [2.75, 3.05) is 0 Å². The molecular formula is C32H23Cl3HfSi. The molecule has 0 saturated heterocycles. The fourth-order valence-corrected chi connectivity index (χ4v) is 12.4. The van der Waals surface area contributed by atoms with Crippen molar-refractivity contribution in [3.8, 4) is 11.1 Å². The summed E-state index contributed by atoms with van der Waals surface area (Å²) in [6.45, 7) is 0. The molecule has 5 heteroatoms. The third-order valence-electron chi connectivity index (χ3n) is 7.68. The molecule has 0 N–H and O–H groups in total. The number of rotatable bonds is 3. The molecule has 2 unspecified atom stereocenters. The van der Waals surface area contributed by atoms with E-state index < -0.39 is 7.38 Å². The number of hydrogen-bond donors (Lipinski definition) is 0. The zero-order valence-corrected chi connectivity index (χ0v) is 26.8. The molecule has 2 atom stereocenters. The summed E-state index contributed by atoms with van der Waals surface area (Å²) in [5, 5.41) is 5.35. The SMILES string of the molecule is Cl[Si](C1=c2ccccc2=C2C=CC=CC21)(c1ccccc1)C1c2ccccc2-c2ccccc21.[Cl-].[Cl-].[Hf+2]. The molecule has 0 aliphatic heterocycles. The van der Waals surface area contributed by atoms with Crippen molar-refractivity contribution < 1.29 is 50.7 Å². The maximum Gasteiger partial charge on any atom is 2.00 e. The van der Waals surface area contributed by atoms with E-state index in [4.69, 9.17) is 11.1 Å². The van der Waals surface area contributed by atoms with Crippen LogP contribution in [0.25, 0.3) is 21.9 Å². The van der Waals surface area contributed by atoms with E-state index >= 15 is 0 Å². The van der Waals surface area contributed by atoms with Gasteiger partial charge in [0.05, 0.1) is 0 Å². The molecule has 0 nitrogen and oxygen atoms in total. The molecule has 3 aliphatic rings. The minimum atomic E-state index is -2.84. The average molecular weight is 720 g/mol. The summed E-state index contributed by atoms with van der Waals surface area (Å²) in [6.07, 6.45) is 8.98. The van der Waals surface area contributed by atoms with E-state index in [1.807, 2.05) is 0 Å². The first-order valence-corrected chi connectivity index (χ1v) is 15.0. The Hall–Kier alpha value is -1.94. The van der Waals surface area contributed by atoms with Crippen LogP contribution in [-0.2, 0) is 25.8 Å². The minimum Gasteiger partial charge on any atom is -1.00 e. The van der Waals surface area contributed by atoms with Crippen LogP contribution in [-0.4, -0.2) is 7.38 Å². The van der Waals surface area contributed by atoms with E-state index in [1.54, 1.807) is 0 Å². The Balaban J connectivity index is 0.00000107. The van der Waals surface area contributed by atoms with E-state index in [9.17, 15) is 0 Å². The first-order chi connectivity index (χ1) is 16.8. The first kappa shape index (κ1) is 28.1. The summed E-state index contributed by atoms with van der Waals surface area (Å²) in [6, 6.07) is 37.6. The maximum absolute atomic E-state index is 8.31. The molecule has 0 aromatic heterocycles. The van der Waals surface area contributed by atoms with Crippen LogP contribution in [0.4, 0.5) is 0 Å². The Bertz CT molecular complexity index is 1600. The van der Waals surface area contributed by atoms with Crippen LogP contribution in [0.2, 0.25) is 0 Å².